The van der Waals surface area contributed by atoms with Gasteiger partial charge in [-0.15, -0.1) is 21.5 Å². The lowest BCUT2D eigenvalue weighted by Gasteiger charge is -2.00. The normalized spacial score (nSPS) is 13.5. The molecule has 0 N–H and O–H groups in total. The van der Waals surface area contributed by atoms with Gasteiger partial charge in [-0.25, -0.2) is 14.4 Å². The molecule has 0 amide bonds. The van der Waals surface area contributed by atoms with Crippen LogP contribution in [0, 0.1) is 5.82 Å². The van der Waals surface area contributed by atoms with Crippen LogP contribution >= 0.6 is 23.1 Å². The van der Waals surface area contributed by atoms with Crippen molar-refractivity contribution in [3.05, 3.63) is 46.9 Å². The Bertz CT molecular complexity index is 1070. The third-order valence-corrected chi connectivity index (χ3v) is 6.19. The Morgan fingerprint density at radius 1 is 1.08 bits per heavy atom. The van der Waals surface area contributed by atoms with Crippen LogP contribution in [-0.4, -0.2) is 20.2 Å². The van der Waals surface area contributed by atoms with Crippen molar-refractivity contribution < 1.29 is 8.81 Å². The van der Waals surface area contributed by atoms with E-state index in [9.17, 15) is 4.39 Å². The summed E-state index contributed by atoms with van der Waals surface area (Å²) in [5.74, 6) is 0.0657. The van der Waals surface area contributed by atoms with Gasteiger partial charge in [0.1, 0.15) is 22.0 Å². The van der Waals surface area contributed by atoms with Crippen molar-refractivity contribution in [3.63, 3.8) is 0 Å². The zero-order valence-electron chi connectivity index (χ0n) is 12.9. The van der Waals surface area contributed by atoms with Gasteiger partial charge in [0.05, 0.1) is 0 Å². The lowest BCUT2D eigenvalue weighted by Crippen LogP contribution is -1.87. The highest BCUT2D eigenvalue weighted by molar-refractivity contribution is 7.99. The molecule has 3 aromatic heterocycles. The first kappa shape index (κ1) is 15.0. The largest absolute Gasteiger partial charge is 0.411 e. The number of benzene rings is 1. The first-order valence-electron chi connectivity index (χ1n) is 7.80. The fourth-order valence-electron chi connectivity index (χ4n) is 3.02. The molecule has 0 fully saturated rings. The highest BCUT2D eigenvalue weighted by Gasteiger charge is 2.22. The molecule has 1 aliphatic rings. The van der Waals surface area contributed by atoms with Crippen LogP contribution in [0.1, 0.15) is 16.9 Å². The Kier molecular flexibility index (Phi) is 3.53. The molecule has 0 atom stereocenters. The van der Waals surface area contributed by atoms with Crippen LogP contribution < -0.4 is 0 Å². The molecule has 0 spiro atoms. The van der Waals surface area contributed by atoms with Gasteiger partial charge < -0.3 is 4.42 Å². The Morgan fingerprint density at radius 2 is 1.96 bits per heavy atom. The number of halogens is 1. The molecule has 0 aliphatic heterocycles. The standard InChI is InChI=1S/C17H11FN4OS2/c18-10-6-4-9(5-7-10)14-21-22-17(23-14)25-16-13-11-2-1-3-12(11)24-15(13)19-8-20-16/h4-8H,1-3H2. The minimum atomic E-state index is -0.299. The van der Waals surface area contributed by atoms with Crippen molar-refractivity contribution >= 4 is 33.3 Å². The summed E-state index contributed by atoms with van der Waals surface area (Å²) in [4.78, 5) is 11.3. The number of rotatable bonds is 3. The second-order valence-corrected chi connectivity index (χ2v) is 7.72. The average molecular weight is 370 g/mol. The minimum absolute atomic E-state index is 0.299. The molecule has 1 aliphatic carbocycles. The second kappa shape index (κ2) is 5.89. The molecule has 4 aromatic rings. The SMILES string of the molecule is Fc1ccc(-c2nnc(Sc3ncnc4sc5c(c34)CCC5)o2)cc1. The summed E-state index contributed by atoms with van der Waals surface area (Å²) in [5.41, 5.74) is 2.05. The molecule has 124 valence electrons. The molecule has 0 bridgehead atoms. The number of nitrogens with zero attached hydrogens (tertiary/aromatic N) is 4. The van der Waals surface area contributed by atoms with Gasteiger partial charge in [0.25, 0.3) is 5.22 Å². The summed E-state index contributed by atoms with van der Waals surface area (Å²) in [6, 6.07) is 5.97. The summed E-state index contributed by atoms with van der Waals surface area (Å²) in [5, 5.41) is 10.5. The molecule has 3 heterocycles. The highest BCUT2D eigenvalue weighted by atomic mass is 32.2. The number of hydrogen-bond donors (Lipinski definition) is 0. The van der Waals surface area contributed by atoms with E-state index < -0.39 is 0 Å². The third-order valence-electron chi connectivity index (χ3n) is 4.15. The van der Waals surface area contributed by atoms with Crippen LogP contribution in [0.3, 0.4) is 0 Å². The van der Waals surface area contributed by atoms with Crippen molar-refractivity contribution in [1.29, 1.82) is 0 Å². The first-order chi connectivity index (χ1) is 12.3. The zero-order chi connectivity index (χ0) is 16.8. The maximum atomic E-state index is 13.0. The van der Waals surface area contributed by atoms with E-state index in [4.69, 9.17) is 4.42 Å². The second-order valence-electron chi connectivity index (χ2n) is 5.70. The monoisotopic (exact) mass is 370 g/mol. The maximum Gasteiger partial charge on any atom is 0.283 e. The van der Waals surface area contributed by atoms with Crippen molar-refractivity contribution in [2.24, 2.45) is 0 Å². The van der Waals surface area contributed by atoms with Gasteiger partial charge in [-0.3, -0.25) is 0 Å². The minimum Gasteiger partial charge on any atom is -0.411 e. The van der Waals surface area contributed by atoms with E-state index in [0.29, 0.717) is 16.7 Å². The molecule has 1 aromatic carbocycles. The summed E-state index contributed by atoms with van der Waals surface area (Å²) in [6.45, 7) is 0. The van der Waals surface area contributed by atoms with Crippen molar-refractivity contribution in [1.82, 2.24) is 20.2 Å². The molecule has 25 heavy (non-hydrogen) atoms. The third kappa shape index (κ3) is 2.61. The Morgan fingerprint density at radius 3 is 2.84 bits per heavy atom. The molecule has 0 radical (unpaired) electrons. The number of aromatic nitrogens is 4. The molecular formula is C17H11FN4OS2. The Labute approximate surface area is 150 Å². The van der Waals surface area contributed by atoms with E-state index in [0.717, 1.165) is 28.1 Å². The summed E-state index contributed by atoms with van der Waals surface area (Å²) in [7, 11) is 0. The van der Waals surface area contributed by atoms with Crippen LogP contribution in [0.15, 0.2) is 45.3 Å². The smallest absolute Gasteiger partial charge is 0.283 e. The van der Waals surface area contributed by atoms with E-state index in [1.54, 1.807) is 29.8 Å². The number of thiophene rings is 1. The number of hydrogen-bond acceptors (Lipinski definition) is 7. The first-order valence-corrected chi connectivity index (χ1v) is 9.44. The molecule has 0 unspecified atom stereocenters. The molecular weight excluding hydrogens is 359 g/mol. The van der Waals surface area contributed by atoms with Gasteiger partial charge in [-0.05, 0) is 60.9 Å². The fourth-order valence-corrected chi connectivity index (χ4v) is 5.10. The molecule has 5 rings (SSSR count). The van der Waals surface area contributed by atoms with Gasteiger partial charge in [0.15, 0.2) is 0 Å². The predicted octanol–water partition coefficient (Wildman–Crippen LogP) is 4.52. The lowest BCUT2D eigenvalue weighted by molar-refractivity contribution is 0.465. The van der Waals surface area contributed by atoms with Gasteiger partial charge in [-0.1, -0.05) is 0 Å². The maximum absolute atomic E-state index is 13.0. The van der Waals surface area contributed by atoms with Crippen molar-refractivity contribution in [3.8, 4) is 11.5 Å². The van der Waals surface area contributed by atoms with Crippen LogP contribution in [0.5, 0.6) is 0 Å². The topological polar surface area (TPSA) is 64.7 Å². The fraction of sp³-hybridized carbons (Fsp3) is 0.176. The van der Waals surface area contributed by atoms with Crippen molar-refractivity contribution in [2.45, 2.75) is 29.5 Å². The quantitative estimate of drug-likeness (QED) is 0.494. The Balaban J connectivity index is 1.50. The van der Waals surface area contributed by atoms with E-state index >= 15 is 0 Å². The molecule has 0 saturated carbocycles. The van der Waals surface area contributed by atoms with Crippen LogP contribution in [-0.2, 0) is 12.8 Å². The predicted molar refractivity (Wildman–Crippen MR) is 93.3 cm³/mol. The van der Waals surface area contributed by atoms with E-state index in [2.05, 4.69) is 20.2 Å². The van der Waals surface area contributed by atoms with Crippen LogP contribution in [0.25, 0.3) is 21.7 Å². The number of aryl methyl sites for hydroxylation is 2. The van der Waals surface area contributed by atoms with E-state index in [1.807, 2.05) is 0 Å². The highest BCUT2D eigenvalue weighted by Crippen LogP contribution is 2.41. The van der Waals surface area contributed by atoms with Crippen LogP contribution in [0.2, 0.25) is 0 Å². The molecule has 8 heteroatoms. The van der Waals surface area contributed by atoms with Gasteiger partial charge >= 0.3 is 0 Å². The van der Waals surface area contributed by atoms with Gasteiger partial charge in [0, 0.05) is 15.8 Å². The van der Waals surface area contributed by atoms with E-state index in [1.165, 1.54) is 40.8 Å². The van der Waals surface area contributed by atoms with Crippen LogP contribution in [0.4, 0.5) is 4.39 Å². The Hall–Kier alpha value is -2.32. The molecule has 0 saturated heterocycles. The van der Waals surface area contributed by atoms with Gasteiger partial charge in [0.2, 0.25) is 5.89 Å². The summed E-state index contributed by atoms with van der Waals surface area (Å²) in [6.07, 6.45) is 4.95. The zero-order valence-corrected chi connectivity index (χ0v) is 14.5. The summed E-state index contributed by atoms with van der Waals surface area (Å²) >= 11 is 3.10. The number of fused-ring (bicyclic) bond motifs is 3. The summed E-state index contributed by atoms with van der Waals surface area (Å²) < 4.78 is 18.8. The average Bonchev–Trinajstić information content (AvgIpc) is 3.31. The van der Waals surface area contributed by atoms with Gasteiger partial charge in [-0.2, -0.15) is 0 Å². The lowest BCUT2D eigenvalue weighted by atomic mass is 10.2. The van der Waals surface area contributed by atoms with Crippen molar-refractivity contribution in [2.75, 3.05) is 0 Å². The molecule has 5 nitrogen and oxygen atoms in total. The van der Waals surface area contributed by atoms with E-state index in [-0.39, 0.29) is 5.82 Å².